The van der Waals surface area contributed by atoms with Gasteiger partial charge in [-0.25, -0.2) is 4.98 Å². The Morgan fingerprint density at radius 3 is 2.82 bits per heavy atom. The molecule has 0 aliphatic heterocycles. The van der Waals surface area contributed by atoms with E-state index in [1.165, 1.54) is 11.0 Å². The quantitative estimate of drug-likeness (QED) is 0.880. The molecule has 2 rings (SSSR count). The number of nitrogens with zero attached hydrogens (tertiary/aromatic N) is 2. The van der Waals surface area contributed by atoms with Gasteiger partial charge in [0.1, 0.15) is 11.4 Å². The molecule has 90 valence electrons. The number of rotatable bonds is 3. The summed E-state index contributed by atoms with van der Waals surface area (Å²) in [5, 5.41) is 3.10. The van der Waals surface area contributed by atoms with Crippen LogP contribution in [0.3, 0.4) is 0 Å². The zero-order chi connectivity index (χ0) is 12.4. The lowest BCUT2D eigenvalue weighted by molar-refractivity contribution is 0.526. The van der Waals surface area contributed by atoms with Crippen LogP contribution in [0.4, 0.5) is 5.69 Å². The van der Waals surface area contributed by atoms with Gasteiger partial charge in [0.2, 0.25) is 5.88 Å². The van der Waals surface area contributed by atoms with Crippen LogP contribution in [0.1, 0.15) is 19.5 Å². The van der Waals surface area contributed by atoms with Gasteiger partial charge in [-0.2, -0.15) is 0 Å². The van der Waals surface area contributed by atoms with Crippen molar-refractivity contribution in [1.29, 1.82) is 0 Å². The van der Waals surface area contributed by atoms with Crippen LogP contribution < -0.4 is 10.9 Å². The first kappa shape index (κ1) is 11.4. The molecule has 2 aromatic heterocycles. The molecule has 0 radical (unpaired) electrons. The van der Waals surface area contributed by atoms with Gasteiger partial charge < -0.3 is 9.73 Å². The van der Waals surface area contributed by atoms with Crippen LogP contribution in [0.25, 0.3) is 5.88 Å². The van der Waals surface area contributed by atoms with Crippen LogP contribution in [0.15, 0.2) is 33.9 Å². The normalized spacial score (nSPS) is 10.8. The molecule has 0 aliphatic carbocycles. The zero-order valence-electron chi connectivity index (χ0n) is 10.1. The second-order valence-corrected chi connectivity index (χ2v) is 4.14. The molecule has 0 aromatic carbocycles. The Bertz CT molecular complexity index is 569. The lowest BCUT2D eigenvalue weighted by Crippen LogP contribution is -2.24. The summed E-state index contributed by atoms with van der Waals surface area (Å²) in [6.07, 6.45) is 3.00. The van der Waals surface area contributed by atoms with Gasteiger partial charge in [0.05, 0.1) is 0 Å². The summed E-state index contributed by atoms with van der Waals surface area (Å²) in [4.78, 5) is 16.1. The van der Waals surface area contributed by atoms with E-state index < -0.39 is 0 Å². The van der Waals surface area contributed by atoms with Crippen molar-refractivity contribution in [2.75, 3.05) is 5.32 Å². The first-order chi connectivity index (χ1) is 8.09. The lowest BCUT2D eigenvalue weighted by Gasteiger charge is -2.10. The van der Waals surface area contributed by atoms with Gasteiger partial charge in [-0.3, -0.25) is 9.36 Å². The molecule has 0 unspecified atom stereocenters. The Hall–Kier alpha value is -2.04. The van der Waals surface area contributed by atoms with E-state index in [1.54, 1.807) is 25.3 Å². The molecule has 0 bridgehead atoms. The highest BCUT2D eigenvalue weighted by Gasteiger charge is 2.10. The maximum absolute atomic E-state index is 12.2. The summed E-state index contributed by atoms with van der Waals surface area (Å²) in [6, 6.07) is 3.76. The number of oxazole rings is 1. The molecule has 0 spiro atoms. The van der Waals surface area contributed by atoms with E-state index in [-0.39, 0.29) is 11.6 Å². The smallest absolute Gasteiger partial charge is 0.280 e. The van der Waals surface area contributed by atoms with Gasteiger partial charge in [0, 0.05) is 12.2 Å². The Labute approximate surface area is 99.1 Å². The molecular weight excluding hydrogens is 218 g/mol. The molecular formula is C12H15N3O2. The van der Waals surface area contributed by atoms with E-state index in [9.17, 15) is 4.79 Å². The number of hydrogen-bond donors (Lipinski definition) is 1. The summed E-state index contributed by atoms with van der Waals surface area (Å²) in [5.74, 6) is 0.461. The summed E-state index contributed by atoms with van der Waals surface area (Å²) >= 11 is 0. The molecule has 2 heterocycles. The van der Waals surface area contributed by atoms with Crippen LogP contribution in [-0.2, 0) is 0 Å². The lowest BCUT2D eigenvalue weighted by atomic mass is 10.3. The van der Waals surface area contributed by atoms with Gasteiger partial charge >= 0.3 is 0 Å². The maximum Gasteiger partial charge on any atom is 0.280 e. The van der Waals surface area contributed by atoms with Gasteiger partial charge in [-0.15, -0.1) is 0 Å². The molecule has 0 amide bonds. The molecule has 0 saturated heterocycles. The largest absolute Gasteiger partial charge is 0.427 e. The van der Waals surface area contributed by atoms with E-state index in [4.69, 9.17) is 4.42 Å². The number of nitrogens with one attached hydrogen (secondary N) is 1. The van der Waals surface area contributed by atoms with Crippen molar-refractivity contribution in [3.8, 4) is 5.88 Å². The van der Waals surface area contributed by atoms with Crippen molar-refractivity contribution in [3.63, 3.8) is 0 Å². The monoisotopic (exact) mass is 233 g/mol. The van der Waals surface area contributed by atoms with Crippen molar-refractivity contribution >= 4 is 5.69 Å². The molecule has 1 N–H and O–H groups in total. The van der Waals surface area contributed by atoms with E-state index >= 15 is 0 Å². The zero-order valence-corrected chi connectivity index (χ0v) is 10.1. The van der Waals surface area contributed by atoms with Crippen LogP contribution in [0.2, 0.25) is 0 Å². The Balaban J connectivity index is 2.50. The van der Waals surface area contributed by atoms with Gasteiger partial charge in [-0.1, -0.05) is 0 Å². The van der Waals surface area contributed by atoms with Crippen molar-refractivity contribution in [2.45, 2.75) is 26.8 Å². The highest BCUT2D eigenvalue weighted by Crippen LogP contribution is 2.11. The average Bonchev–Trinajstić information content (AvgIpc) is 2.67. The third-order valence-corrected chi connectivity index (χ3v) is 2.33. The third-order valence-electron chi connectivity index (χ3n) is 2.33. The van der Waals surface area contributed by atoms with Crippen molar-refractivity contribution in [2.24, 2.45) is 0 Å². The van der Waals surface area contributed by atoms with Crippen LogP contribution in [0.5, 0.6) is 0 Å². The van der Waals surface area contributed by atoms with E-state index in [2.05, 4.69) is 10.3 Å². The van der Waals surface area contributed by atoms with Crippen LogP contribution >= 0.6 is 0 Å². The fourth-order valence-corrected chi connectivity index (χ4v) is 1.60. The molecule has 0 fully saturated rings. The van der Waals surface area contributed by atoms with Gasteiger partial charge in [0.15, 0.2) is 6.39 Å². The first-order valence-corrected chi connectivity index (χ1v) is 5.48. The van der Waals surface area contributed by atoms with Crippen molar-refractivity contribution < 1.29 is 4.42 Å². The minimum absolute atomic E-state index is 0.138. The van der Waals surface area contributed by atoms with Gasteiger partial charge in [0.25, 0.3) is 5.56 Å². The Kier molecular flexibility index (Phi) is 2.99. The predicted octanol–water partition coefficient (Wildman–Crippen LogP) is 1.95. The molecule has 0 aliphatic rings. The summed E-state index contributed by atoms with van der Waals surface area (Å²) in [7, 11) is 0. The number of hydrogen-bond acceptors (Lipinski definition) is 4. The summed E-state index contributed by atoms with van der Waals surface area (Å²) in [6.45, 7) is 5.76. The average molecular weight is 233 g/mol. The summed E-state index contributed by atoms with van der Waals surface area (Å²) < 4.78 is 6.67. The predicted molar refractivity (Wildman–Crippen MR) is 65.6 cm³/mol. The molecule has 5 nitrogen and oxygen atoms in total. The maximum atomic E-state index is 12.2. The number of pyridine rings is 1. The second kappa shape index (κ2) is 4.45. The third kappa shape index (κ3) is 2.22. The van der Waals surface area contributed by atoms with E-state index in [0.717, 1.165) is 0 Å². The number of anilines is 1. The van der Waals surface area contributed by atoms with Crippen LogP contribution in [-0.4, -0.2) is 15.6 Å². The first-order valence-electron chi connectivity index (χ1n) is 5.48. The molecule has 17 heavy (non-hydrogen) atoms. The molecule has 5 heteroatoms. The molecule has 0 saturated carbocycles. The van der Waals surface area contributed by atoms with E-state index in [0.29, 0.717) is 17.3 Å². The standard InChI is InChI=1S/C12H15N3O2/c1-8(2)14-10-5-4-6-15(11(10)16)12-9(3)13-7-17-12/h4-8,14H,1-3H3. The summed E-state index contributed by atoms with van der Waals surface area (Å²) in [5.41, 5.74) is 1.10. The SMILES string of the molecule is Cc1ncoc1-n1cccc(NC(C)C)c1=O. The molecule has 2 aromatic rings. The van der Waals surface area contributed by atoms with Crippen molar-refractivity contribution in [3.05, 3.63) is 40.8 Å². The van der Waals surface area contributed by atoms with Crippen molar-refractivity contribution in [1.82, 2.24) is 9.55 Å². The highest BCUT2D eigenvalue weighted by molar-refractivity contribution is 5.43. The number of aromatic nitrogens is 2. The van der Waals surface area contributed by atoms with Crippen LogP contribution in [0, 0.1) is 6.92 Å². The Morgan fingerprint density at radius 1 is 1.47 bits per heavy atom. The minimum Gasteiger partial charge on any atom is -0.427 e. The number of aryl methyl sites for hydroxylation is 1. The van der Waals surface area contributed by atoms with E-state index in [1.807, 2.05) is 13.8 Å². The Morgan fingerprint density at radius 2 is 2.24 bits per heavy atom. The fraction of sp³-hybridized carbons (Fsp3) is 0.333. The van der Waals surface area contributed by atoms with Gasteiger partial charge in [-0.05, 0) is 32.9 Å². The minimum atomic E-state index is -0.138. The topological polar surface area (TPSA) is 60.1 Å². The fourth-order valence-electron chi connectivity index (χ4n) is 1.60. The highest BCUT2D eigenvalue weighted by atomic mass is 16.4. The second-order valence-electron chi connectivity index (χ2n) is 4.14. The molecule has 0 atom stereocenters.